The van der Waals surface area contributed by atoms with E-state index < -0.39 is 23.6 Å². The molecular formula is C18H14BrClF3N3O2. The lowest BCUT2D eigenvalue weighted by molar-refractivity contribution is -0.137. The van der Waals surface area contributed by atoms with E-state index in [0.717, 1.165) is 28.2 Å². The Bertz CT molecular complexity index is 887. The molecule has 10 heteroatoms. The maximum atomic E-state index is 12.7. The summed E-state index contributed by atoms with van der Waals surface area (Å²) in [5.41, 5.74) is 1.92. The number of carbonyl (C=O) groups excluding carboxylic acids is 2. The van der Waals surface area contributed by atoms with Gasteiger partial charge in [-0.25, -0.2) is 5.43 Å². The summed E-state index contributed by atoms with van der Waals surface area (Å²) in [6.07, 6.45) is -3.56. The summed E-state index contributed by atoms with van der Waals surface area (Å²) < 4.78 is 39.1. The van der Waals surface area contributed by atoms with E-state index in [2.05, 4.69) is 31.8 Å². The van der Waals surface area contributed by atoms with Gasteiger partial charge in [-0.05, 0) is 35.9 Å². The normalized spacial score (nSPS) is 11.5. The molecule has 5 nitrogen and oxygen atoms in total. The van der Waals surface area contributed by atoms with Crippen LogP contribution in [-0.2, 0) is 15.8 Å². The number of amides is 2. The maximum Gasteiger partial charge on any atom is 0.416 e. The number of nitrogens with one attached hydrogen (secondary N) is 2. The largest absolute Gasteiger partial charge is 0.416 e. The molecule has 0 aliphatic rings. The molecule has 2 amide bonds. The molecule has 0 aromatic heterocycles. The summed E-state index contributed by atoms with van der Waals surface area (Å²) in [5, 5.41) is 6.00. The lowest BCUT2D eigenvalue weighted by atomic mass is 10.2. The topological polar surface area (TPSA) is 70.6 Å². The molecule has 0 bridgehead atoms. The summed E-state index contributed by atoms with van der Waals surface area (Å²) >= 11 is 9.10. The number of anilines is 1. The first kappa shape index (κ1) is 21.9. The zero-order valence-corrected chi connectivity index (χ0v) is 16.5. The van der Waals surface area contributed by atoms with E-state index in [1.165, 1.54) is 6.21 Å². The van der Waals surface area contributed by atoms with E-state index >= 15 is 0 Å². The van der Waals surface area contributed by atoms with Gasteiger partial charge in [0.1, 0.15) is 0 Å². The van der Waals surface area contributed by atoms with E-state index in [1.807, 2.05) is 12.1 Å². The predicted molar refractivity (Wildman–Crippen MR) is 104 cm³/mol. The Morgan fingerprint density at radius 2 is 1.71 bits per heavy atom. The van der Waals surface area contributed by atoms with Crippen LogP contribution in [0, 0.1) is 0 Å². The van der Waals surface area contributed by atoms with Gasteiger partial charge in [-0.1, -0.05) is 39.7 Å². The molecule has 0 spiro atoms. The molecule has 0 unspecified atom stereocenters. The van der Waals surface area contributed by atoms with Crippen molar-refractivity contribution in [3.05, 3.63) is 63.1 Å². The number of alkyl halides is 3. The van der Waals surface area contributed by atoms with Gasteiger partial charge in [0.2, 0.25) is 11.8 Å². The summed E-state index contributed by atoms with van der Waals surface area (Å²) in [6, 6.07) is 9.79. The first-order valence-corrected chi connectivity index (χ1v) is 9.06. The Labute approximate surface area is 172 Å². The minimum Gasteiger partial charge on any atom is -0.325 e. The molecule has 148 valence electrons. The van der Waals surface area contributed by atoms with Crippen LogP contribution in [0.3, 0.4) is 0 Å². The summed E-state index contributed by atoms with van der Waals surface area (Å²) in [6.45, 7) is 0. The highest BCUT2D eigenvalue weighted by Crippen LogP contribution is 2.33. The van der Waals surface area contributed by atoms with Crippen molar-refractivity contribution < 1.29 is 22.8 Å². The molecule has 2 rings (SSSR count). The van der Waals surface area contributed by atoms with Gasteiger partial charge in [0, 0.05) is 17.3 Å². The van der Waals surface area contributed by atoms with Crippen LogP contribution < -0.4 is 10.7 Å². The van der Waals surface area contributed by atoms with Gasteiger partial charge >= 0.3 is 6.18 Å². The Morgan fingerprint density at radius 3 is 2.36 bits per heavy atom. The van der Waals surface area contributed by atoms with Crippen LogP contribution in [0.2, 0.25) is 5.02 Å². The smallest absolute Gasteiger partial charge is 0.325 e. The van der Waals surface area contributed by atoms with Crippen molar-refractivity contribution in [3.63, 3.8) is 0 Å². The number of carbonyl (C=O) groups is 2. The quantitative estimate of drug-likeness (QED) is 0.455. The van der Waals surface area contributed by atoms with E-state index in [1.54, 1.807) is 12.1 Å². The molecule has 0 radical (unpaired) electrons. The van der Waals surface area contributed by atoms with Crippen LogP contribution in [0.5, 0.6) is 0 Å². The summed E-state index contributed by atoms with van der Waals surface area (Å²) in [4.78, 5) is 23.6. The van der Waals surface area contributed by atoms with Gasteiger partial charge in [-0.2, -0.15) is 18.3 Å². The second-order valence-corrected chi connectivity index (χ2v) is 6.91. The standard InChI is InChI=1S/C18H14BrClF3N3O2/c19-13-4-1-11(2-5-13)10-24-26-17(28)8-7-16(27)25-15-9-12(18(21,22)23)3-6-14(15)20/h1-6,9-10H,7-8H2,(H,25,27)(H,26,28). The number of hydrogen-bond acceptors (Lipinski definition) is 3. The Hall–Kier alpha value is -2.39. The summed E-state index contributed by atoms with van der Waals surface area (Å²) in [5.74, 6) is -1.16. The van der Waals surface area contributed by atoms with Crippen molar-refractivity contribution in [2.75, 3.05) is 5.32 Å². The van der Waals surface area contributed by atoms with Crippen LogP contribution in [0.15, 0.2) is 52.0 Å². The Morgan fingerprint density at radius 1 is 1.07 bits per heavy atom. The van der Waals surface area contributed by atoms with Gasteiger partial charge in [-0.15, -0.1) is 0 Å². The van der Waals surface area contributed by atoms with Gasteiger partial charge in [0.25, 0.3) is 0 Å². The molecule has 2 aromatic carbocycles. The number of nitrogens with zero attached hydrogens (tertiary/aromatic N) is 1. The molecule has 0 fully saturated rings. The molecule has 0 aliphatic heterocycles. The zero-order valence-electron chi connectivity index (χ0n) is 14.2. The second kappa shape index (κ2) is 9.70. The van der Waals surface area contributed by atoms with Gasteiger partial charge in [0.05, 0.1) is 22.5 Å². The molecule has 2 N–H and O–H groups in total. The Balaban J connectivity index is 1.83. The van der Waals surface area contributed by atoms with Crippen molar-refractivity contribution in [2.24, 2.45) is 5.10 Å². The van der Waals surface area contributed by atoms with Crippen molar-refractivity contribution in [1.82, 2.24) is 5.43 Å². The van der Waals surface area contributed by atoms with Crippen molar-refractivity contribution in [1.29, 1.82) is 0 Å². The van der Waals surface area contributed by atoms with Gasteiger partial charge < -0.3 is 5.32 Å². The van der Waals surface area contributed by atoms with Gasteiger partial charge in [0.15, 0.2) is 0 Å². The van der Waals surface area contributed by atoms with Crippen LogP contribution in [0.4, 0.5) is 18.9 Å². The monoisotopic (exact) mass is 475 g/mol. The van der Waals surface area contributed by atoms with E-state index in [4.69, 9.17) is 11.6 Å². The Kier molecular flexibility index (Phi) is 7.59. The van der Waals surface area contributed by atoms with Crippen LogP contribution >= 0.6 is 27.5 Å². The minimum absolute atomic E-state index is 0.0371. The highest BCUT2D eigenvalue weighted by molar-refractivity contribution is 9.10. The molecule has 0 saturated carbocycles. The molecule has 0 saturated heterocycles. The molecular weight excluding hydrogens is 463 g/mol. The number of rotatable bonds is 6. The third kappa shape index (κ3) is 6.97. The molecule has 0 heterocycles. The number of hydrazone groups is 1. The highest BCUT2D eigenvalue weighted by Gasteiger charge is 2.31. The number of benzene rings is 2. The van der Waals surface area contributed by atoms with Crippen molar-refractivity contribution in [2.45, 2.75) is 19.0 Å². The van der Waals surface area contributed by atoms with Crippen molar-refractivity contribution >= 4 is 51.2 Å². The molecule has 0 aliphatic carbocycles. The fourth-order valence-electron chi connectivity index (χ4n) is 2.02. The van der Waals surface area contributed by atoms with Gasteiger partial charge in [-0.3, -0.25) is 9.59 Å². The lowest BCUT2D eigenvalue weighted by Gasteiger charge is -2.11. The van der Waals surface area contributed by atoms with E-state index in [-0.39, 0.29) is 23.6 Å². The third-order valence-electron chi connectivity index (χ3n) is 3.42. The van der Waals surface area contributed by atoms with Crippen LogP contribution in [0.1, 0.15) is 24.0 Å². The lowest BCUT2D eigenvalue weighted by Crippen LogP contribution is -2.21. The fraction of sp³-hybridized carbons (Fsp3) is 0.167. The third-order valence-corrected chi connectivity index (χ3v) is 4.28. The second-order valence-electron chi connectivity index (χ2n) is 5.59. The average molecular weight is 477 g/mol. The van der Waals surface area contributed by atoms with E-state index in [0.29, 0.717) is 0 Å². The number of halogens is 5. The number of hydrogen-bond donors (Lipinski definition) is 2. The zero-order chi connectivity index (χ0) is 20.7. The highest BCUT2D eigenvalue weighted by atomic mass is 79.9. The first-order chi connectivity index (χ1) is 13.1. The molecule has 2 aromatic rings. The van der Waals surface area contributed by atoms with Crippen LogP contribution in [-0.4, -0.2) is 18.0 Å². The summed E-state index contributed by atoms with van der Waals surface area (Å²) in [7, 11) is 0. The maximum absolute atomic E-state index is 12.7. The first-order valence-electron chi connectivity index (χ1n) is 7.89. The SMILES string of the molecule is O=C(CCC(=O)Nc1cc(C(F)(F)F)ccc1Cl)NN=Cc1ccc(Br)cc1. The predicted octanol–water partition coefficient (Wildman–Crippen LogP) is 4.99. The molecule has 28 heavy (non-hydrogen) atoms. The fourth-order valence-corrected chi connectivity index (χ4v) is 2.45. The van der Waals surface area contributed by atoms with Crippen molar-refractivity contribution in [3.8, 4) is 0 Å². The minimum atomic E-state index is -4.56. The molecule has 0 atom stereocenters. The van der Waals surface area contributed by atoms with E-state index in [9.17, 15) is 22.8 Å². The van der Waals surface area contributed by atoms with Crippen LogP contribution in [0.25, 0.3) is 0 Å². The average Bonchev–Trinajstić information content (AvgIpc) is 2.62.